The van der Waals surface area contributed by atoms with Crippen LogP contribution in [-0.4, -0.2) is 75.1 Å². The van der Waals surface area contributed by atoms with E-state index in [1.54, 1.807) is 0 Å². The largest absolute Gasteiger partial charge is 0.508 e. The molecule has 1 saturated carbocycles. The number of hydrogen-bond donors (Lipinski definition) is 1. The van der Waals surface area contributed by atoms with Gasteiger partial charge in [0.05, 0.1) is 11.1 Å². The van der Waals surface area contributed by atoms with Crippen molar-refractivity contribution in [2.24, 2.45) is 0 Å². The molecular formula is C34H32F3N5O3. The van der Waals surface area contributed by atoms with Crippen molar-refractivity contribution in [1.29, 1.82) is 0 Å². The van der Waals surface area contributed by atoms with E-state index < -0.39 is 28.9 Å². The maximum absolute atomic E-state index is 17.0. The van der Waals surface area contributed by atoms with Crippen LogP contribution in [0.2, 0.25) is 0 Å². The number of pyridine rings is 1. The molecule has 2 aromatic carbocycles. The summed E-state index contributed by atoms with van der Waals surface area (Å²) >= 11 is 0. The molecule has 3 aliphatic heterocycles. The molecule has 2 aromatic heterocycles. The van der Waals surface area contributed by atoms with Crippen LogP contribution in [0.4, 0.5) is 19.0 Å². The summed E-state index contributed by atoms with van der Waals surface area (Å²) in [6.45, 7) is 3.36. The summed E-state index contributed by atoms with van der Waals surface area (Å²) in [5.41, 5.74) is -1.28. The normalized spacial score (nSPS) is 27.3. The summed E-state index contributed by atoms with van der Waals surface area (Å²) in [5, 5.41) is 11.6. The zero-order valence-corrected chi connectivity index (χ0v) is 25.0. The predicted molar refractivity (Wildman–Crippen MR) is 163 cm³/mol. The molecule has 1 aliphatic carbocycles. The van der Waals surface area contributed by atoms with E-state index in [2.05, 4.69) is 20.8 Å². The van der Waals surface area contributed by atoms with Gasteiger partial charge in [0.15, 0.2) is 5.82 Å². The van der Waals surface area contributed by atoms with Gasteiger partial charge in [0.2, 0.25) is 5.88 Å². The lowest BCUT2D eigenvalue weighted by atomic mass is 9.95. The third-order valence-electron chi connectivity index (χ3n) is 10.3. The van der Waals surface area contributed by atoms with Crippen LogP contribution in [-0.2, 0) is 0 Å². The van der Waals surface area contributed by atoms with Crippen molar-refractivity contribution in [3.05, 3.63) is 41.5 Å². The first kappa shape index (κ1) is 28.2. The maximum Gasteiger partial charge on any atom is 0.319 e. The summed E-state index contributed by atoms with van der Waals surface area (Å²) in [6, 6.07) is 5.48. The molecule has 1 N–H and O–H groups in total. The smallest absolute Gasteiger partial charge is 0.319 e. The molecule has 0 amide bonds. The minimum Gasteiger partial charge on any atom is -0.508 e. The number of nitrogens with zero attached hydrogens (tertiary/aromatic N) is 5. The summed E-state index contributed by atoms with van der Waals surface area (Å²) in [7, 11) is 1.91. The second kappa shape index (κ2) is 9.85. The zero-order chi connectivity index (χ0) is 31.2. The van der Waals surface area contributed by atoms with Gasteiger partial charge in [0, 0.05) is 43.4 Å². The lowest BCUT2D eigenvalue weighted by Crippen LogP contribution is -2.43. The van der Waals surface area contributed by atoms with Crippen molar-refractivity contribution < 1.29 is 27.8 Å². The summed E-state index contributed by atoms with van der Waals surface area (Å²) in [4.78, 5) is 18.2. The quantitative estimate of drug-likeness (QED) is 0.284. The van der Waals surface area contributed by atoms with Gasteiger partial charge in [-0.25, -0.2) is 18.2 Å². The fourth-order valence-electron chi connectivity index (χ4n) is 8.08. The monoisotopic (exact) mass is 615 g/mol. The highest BCUT2D eigenvalue weighted by Crippen LogP contribution is 2.48. The van der Waals surface area contributed by atoms with Crippen LogP contribution in [0.1, 0.15) is 51.0 Å². The van der Waals surface area contributed by atoms with Crippen LogP contribution in [0, 0.1) is 24.0 Å². The van der Waals surface area contributed by atoms with Gasteiger partial charge in [0.1, 0.15) is 52.4 Å². The molecular weight excluding hydrogens is 583 g/mol. The van der Waals surface area contributed by atoms with E-state index >= 15 is 4.39 Å². The molecule has 11 heteroatoms. The fourth-order valence-corrected chi connectivity index (χ4v) is 8.08. The number of hydrogen-bond acceptors (Lipinski definition) is 8. The number of aromatic hydroxyl groups is 1. The molecule has 0 radical (unpaired) electrons. The molecule has 0 spiro atoms. The number of halogens is 3. The van der Waals surface area contributed by atoms with Gasteiger partial charge in [-0.1, -0.05) is 12.0 Å². The number of ether oxygens (including phenoxy) is 2. The lowest BCUT2D eigenvalue weighted by Gasteiger charge is -2.34. The third kappa shape index (κ3) is 4.29. The van der Waals surface area contributed by atoms with Crippen LogP contribution >= 0.6 is 0 Å². The van der Waals surface area contributed by atoms with Crippen LogP contribution < -0.4 is 14.4 Å². The van der Waals surface area contributed by atoms with Crippen LogP contribution in [0.3, 0.4) is 0 Å². The standard InChI is InChI=1S/C34H32F3N5O3/c1-4-22-24(36)7-6-18-12-21(43)13-23(25(18)22)28-27(37)29-26-30(41(3)20-8-10-33(2,15-20)45-31(26)38-28)40-32(39-29)44-17-34-9-5-11-42(34)16-19(35)14-34/h1,6-7,12-13,19-20,43H,5,8-11,14-17H2,2-3H3/t19-,20?,33?,34+/m1/s1. The average Bonchev–Trinajstić information content (AvgIpc) is 3.68. The highest BCUT2D eigenvalue weighted by atomic mass is 19.1. The molecule has 5 heterocycles. The Morgan fingerprint density at radius 3 is 2.82 bits per heavy atom. The van der Waals surface area contributed by atoms with Gasteiger partial charge >= 0.3 is 6.01 Å². The number of aromatic nitrogens is 3. The number of anilines is 1. The van der Waals surface area contributed by atoms with E-state index in [4.69, 9.17) is 20.9 Å². The molecule has 2 saturated heterocycles. The van der Waals surface area contributed by atoms with Gasteiger partial charge in [-0.3, -0.25) is 4.90 Å². The van der Waals surface area contributed by atoms with Crippen molar-refractivity contribution >= 4 is 27.5 Å². The van der Waals surface area contributed by atoms with Crippen molar-refractivity contribution in [2.75, 3.05) is 31.6 Å². The molecule has 45 heavy (non-hydrogen) atoms. The Hall–Kier alpha value is -4.30. The number of terminal acetylenes is 1. The Kier molecular flexibility index (Phi) is 6.17. The summed E-state index contributed by atoms with van der Waals surface area (Å²) in [5.74, 6) is 1.29. The Morgan fingerprint density at radius 1 is 1.16 bits per heavy atom. The highest BCUT2D eigenvalue weighted by Gasteiger charge is 2.49. The Morgan fingerprint density at radius 2 is 2.00 bits per heavy atom. The molecule has 232 valence electrons. The van der Waals surface area contributed by atoms with Crippen LogP contribution in [0.15, 0.2) is 24.3 Å². The van der Waals surface area contributed by atoms with Gasteiger partial charge in [0.25, 0.3) is 0 Å². The minimum absolute atomic E-state index is 0.0349. The molecule has 8 nitrogen and oxygen atoms in total. The third-order valence-corrected chi connectivity index (χ3v) is 10.3. The first-order valence-corrected chi connectivity index (χ1v) is 15.4. The topological polar surface area (TPSA) is 83.8 Å². The number of alkyl halides is 1. The van der Waals surface area contributed by atoms with Crippen molar-refractivity contribution in [1.82, 2.24) is 19.9 Å². The average molecular weight is 616 g/mol. The van der Waals surface area contributed by atoms with Crippen LogP contribution in [0.5, 0.6) is 17.6 Å². The van der Waals surface area contributed by atoms with Crippen molar-refractivity contribution in [3.8, 4) is 41.2 Å². The van der Waals surface area contributed by atoms with Gasteiger partial charge in [-0.2, -0.15) is 9.97 Å². The first-order chi connectivity index (χ1) is 21.6. The lowest BCUT2D eigenvalue weighted by molar-refractivity contribution is 0.0903. The maximum atomic E-state index is 17.0. The van der Waals surface area contributed by atoms with Gasteiger partial charge < -0.3 is 19.5 Å². The molecule has 4 aromatic rings. The molecule has 2 unspecified atom stereocenters. The number of phenolic OH excluding ortho intramolecular Hbond substituents is 1. The Balaban J connectivity index is 1.36. The number of benzene rings is 2. The van der Waals surface area contributed by atoms with E-state index in [0.717, 1.165) is 32.2 Å². The Bertz CT molecular complexity index is 1950. The van der Waals surface area contributed by atoms with Crippen LogP contribution in [0.25, 0.3) is 32.9 Å². The zero-order valence-electron chi connectivity index (χ0n) is 25.0. The molecule has 2 bridgehead atoms. The van der Waals surface area contributed by atoms with Gasteiger partial charge in [-0.05, 0) is 62.7 Å². The second-order valence-electron chi connectivity index (χ2n) is 13.2. The van der Waals surface area contributed by atoms with Gasteiger partial charge in [-0.15, -0.1) is 6.42 Å². The molecule has 4 aliphatic rings. The number of fused-ring (bicyclic) bond motifs is 4. The second-order valence-corrected chi connectivity index (χ2v) is 13.2. The number of phenols is 1. The van der Waals surface area contributed by atoms with Crippen molar-refractivity contribution in [2.45, 2.75) is 68.8 Å². The SMILES string of the molecule is C#Cc1c(F)ccc2cc(O)cc(-c3nc4c5c(nc(OC[C@@]67CCCN6C[C@H](F)C7)nc5c3F)N(C)C3CCC(C)(C3)O4)c12. The summed E-state index contributed by atoms with van der Waals surface area (Å²) in [6.07, 6.45) is 9.17. The predicted octanol–water partition coefficient (Wildman–Crippen LogP) is 5.91. The molecule has 4 atom stereocenters. The van der Waals surface area contributed by atoms with E-state index in [1.807, 2.05) is 18.9 Å². The van der Waals surface area contributed by atoms with E-state index in [0.29, 0.717) is 36.0 Å². The molecule has 8 rings (SSSR count). The molecule has 3 fully saturated rings. The summed E-state index contributed by atoms with van der Waals surface area (Å²) < 4.78 is 59.2. The number of rotatable bonds is 4. The van der Waals surface area contributed by atoms with E-state index in [-0.39, 0.29) is 58.0 Å². The fraction of sp³-hybridized carbons (Fsp3) is 0.441. The first-order valence-electron chi connectivity index (χ1n) is 15.4. The van der Waals surface area contributed by atoms with E-state index in [9.17, 15) is 13.9 Å². The van der Waals surface area contributed by atoms with Crippen molar-refractivity contribution in [3.63, 3.8) is 0 Å². The highest BCUT2D eigenvalue weighted by molar-refractivity contribution is 6.04. The minimum atomic E-state index is -0.928. The Labute approximate surface area is 258 Å². The van der Waals surface area contributed by atoms with E-state index in [1.165, 1.54) is 24.3 Å².